The molecule has 0 atom stereocenters. The van der Waals surface area contributed by atoms with Crippen LogP contribution in [-0.4, -0.2) is 23.4 Å². The first kappa shape index (κ1) is 12.2. The summed E-state index contributed by atoms with van der Waals surface area (Å²) in [5, 5.41) is 2.28. The summed E-state index contributed by atoms with van der Waals surface area (Å²) in [6, 6.07) is -0.370. The van der Waals surface area contributed by atoms with E-state index >= 15 is 0 Å². The number of hydrogen-bond donors (Lipinski definition) is 1. The Labute approximate surface area is 95.3 Å². The van der Waals surface area contributed by atoms with Gasteiger partial charge in [-0.3, -0.25) is 15.0 Å². The Bertz CT molecular complexity index is 356. The molecule has 0 spiro atoms. The Hall–Kier alpha value is -1.84. The van der Waals surface area contributed by atoms with Crippen LogP contribution in [0.5, 0.6) is 0 Å². The Morgan fingerprint density at radius 2 is 2.31 bits per heavy atom. The number of carbonyl (C=O) groups is 2. The van der Waals surface area contributed by atoms with E-state index in [1.165, 1.54) is 4.90 Å². The molecule has 0 unspecified atom stereocenters. The second kappa shape index (κ2) is 5.90. The molecule has 0 saturated carbocycles. The van der Waals surface area contributed by atoms with Crippen molar-refractivity contribution in [2.24, 2.45) is 0 Å². The lowest BCUT2D eigenvalue weighted by molar-refractivity contribution is -0.121. The molecule has 0 aromatic rings. The maximum Gasteiger partial charge on any atom is 0.328 e. The molecule has 1 fully saturated rings. The van der Waals surface area contributed by atoms with Gasteiger partial charge in [0.2, 0.25) is 5.91 Å². The predicted octanol–water partition coefficient (Wildman–Crippen LogP) is 1.96. The van der Waals surface area contributed by atoms with Crippen LogP contribution < -0.4 is 5.32 Å². The Kier molecular flexibility index (Phi) is 4.51. The molecule has 86 valence electrons. The SMILES string of the molecule is C=C/C=C(\C=C/CC)N1CCC(=O)NC1=O. The lowest BCUT2D eigenvalue weighted by Gasteiger charge is -2.27. The van der Waals surface area contributed by atoms with E-state index in [9.17, 15) is 9.59 Å². The fraction of sp³-hybridized carbons (Fsp3) is 0.333. The molecule has 4 nitrogen and oxygen atoms in total. The smallest absolute Gasteiger partial charge is 0.294 e. The van der Waals surface area contributed by atoms with Crippen LogP contribution in [0.3, 0.4) is 0 Å². The van der Waals surface area contributed by atoms with Crippen molar-refractivity contribution in [2.45, 2.75) is 19.8 Å². The summed E-state index contributed by atoms with van der Waals surface area (Å²) in [5.74, 6) is -0.223. The van der Waals surface area contributed by atoms with Crippen LogP contribution in [-0.2, 0) is 4.79 Å². The number of nitrogens with one attached hydrogen (secondary N) is 1. The van der Waals surface area contributed by atoms with E-state index in [1.54, 1.807) is 12.2 Å². The van der Waals surface area contributed by atoms with Crippen molar-refractivity contribution in [3.05, 3.63) is 36.6 Å². The van der Waals surface area contributed by atoms with Crippen molar-refractivity contribution in [2.75, 3.05) is 6.54 Å². The summed E-state index contributed by atoms with van der Waals surface area (Å²) in [4.78, 5) is 24.1. The van der Waals surface area contributed by atoms with Gasteiger partial charge in [0.25, 0.3) is 0 Å². The summed E-state index contributed by atoms with van der Waals surface area (Å²) in [7, 11) is 0. The highest BCUT2D eigenvalue weighted by atomic mass is 16.2. The number of amides is 3. The van der Waals surface area contributed by atoms with E-state index < -0.39 is 0 Å². The van der Waals surface area contributed by atoms with E-state index in [-0.39, 0.29) is 11.9 Å². The fourth-order valence-electron chi connectivity index (χ4n) is 1.41. The van der Waals surface area contributed by atoms with E-state index in [1.807, 2.05) is 19.1 Å². The molecule has 0 aromatic heterocycles. The van der Waals surface area contributed by atoms with Crippen LogP contribution in [0, 0.1) is 0 Å². The maximum absolute atomic E-state index is 11.6. The largest absolute Gasteiger partial charge is 0.328 e. The molecule has 16 heavy (non-hydrogen) atoms. The van der Waals surface area contributed by atoms with Gasteiger partial charge in [0.05, 0.1) is 0 Å². The van der Waals surface area contributed by atoms with Gasteiger partial charge in [-0.15, -0.1) is 0 Å². The normalized spacial score (nSPS) is 17.8. The zero-order chi connectivity index (χ0) is 12.0. The lowest BCUT2D eigenvalue weighted by atomic mass is 10.2. The van der Waals surface area contributed by atoms with Crippen molar-refractivity contribution in [3.8, 4) is 0 Å². The number of urea groups is 1. The molecule has 1 heterocycles. The third-order valence-corrected chi connectivity index (χ3v) is 2.18. The first-order valence-electron chi connectivity index (χ1n) is 5.29. The molecular formula is C12H16N2O2. The Morgan fingerprint density at radius 1 is 1.56 bits per heavy atom. The highest BCUT2D eigenvalue weighted by molar-refractivity contribution is 5.97. The number of carbonyl (C=O) groups excluding carboxylic acids is 2. The van der Waals surface area contributed by atoms with E-state index in [4.69, 9.17) is 0 Å². The van der Waals surface area contributed by atoms with Gasteiger partial charge >= 0.3 is 6.03 Å². The summed E-state index contributed by atoms with van der Waals surface area (Å²) in [6.07, 6.45) is 8.42. The number of nitrogens with zero attached hydrogens (tertiary/aromatic N) is 1. The van der Waals surface area contributed by atoms with Crippen molar-refractivity contribution in [1.82, 2.24) is 10.2 Å². The Morgan fingerprint density at radius 3 is 2.88 bits per heavy atom. The highest BCUT2D eigenvalue weighted by Gasteiger charge is 2.24. The lowest BCUT2D eigenvalue weighted by Crippen LogP contribution is -2.48. The molecule has 0 bridgehead atoms. The van der Waals surface area contributed by atoms with Crippen LogP contribution in [0.15, 0.2) is 36.6 Å². The van der Waals surface area contributed by atoms with E-state index in [2.05, 4.69) is 11.9 Å². The minimum Gasteiger partial charge on any atom is -0.294 e. The Balaban J connectivity index is 2.82. The van der Waals surface area contributed by atoms with Gasteiger partial charge in [0.1, 0.15) is 0 Å². The van der Waals surface area contributed by atoms with E-state index in [0.29, 0.717) is 13.0 Å². The molecule has 0 radical (unpaired) electrons. The number of rotatable bonds is 4. The monoisotopic (exact) mass is 220 g/mol. The van der Waals surface area contributed by atoms with Gasteiger partial charge in [-0.05, 0) is 18.6 Å². The first-order chi connectivity index (χ1) is 7.69. The number of imide groups is 1. The quantitative estimate of drug-likeness (QED) is 0.736. The van der Waals surface area contributed by atoms with Crippen molar-refractivity contribution in [3.63, 3.8) is 0 Å². The van der Waals surface area contributed by atoms with Gasteiger partial charge in [0, 0.05) is 18.7 Å². The average Bonchev–Trinajstić information content (AvgIpc) is 2.25. The van der Waals surface area contributed by atoms with Crippen LogP contribution in [0.25, 0.3) is 0 Å². The zero-order valence-electron chi connectivity index (χ0n) is 9.40. The van der Waals surface area contributed by atoms with Crippen LogP contribution in [0.4, 0.5) is 4.79 Å². The van der Waals surface area contributed by atoms with Crippen molar-refractivity contribution >= 4 is 11.9 Å². The van der Waals surface area contributed by atoms with Gasteiger partial charge in [-0.25, -0.2) is 4.79 Å². The first-order valence-corrected chi connectivity index (χ1v) is 5.29. The summed E-state index contributed by atoms with van der Waals surface area (Å²) in [5.41, 5.74) is 0.752. The standard InChI is InChI=1S/C12H16N2O2/c1-3-5-7-10(6-4-2)14-9-8-11(15)13-12(14)16/h4-7H,2-3,8-9H2,1H3,(H,13,15,16)/b7-5-,10-6+. The van der Waals surface area contributed by atoms with Gasteiger partial charge < -0.3 is 0 Å². The van der Waals surface area contributed by atoms with E-state index in [0.717, 1.165) is 12.1 Å². The maximum atomic E-state index is 11.6. The summed E-state index contributed by atoms with van der Waals surface area (Å²) >= 11 is 0. The number of allylic oxidation sites excluding steroid dienone is 4. The average molecular weight is 220 g/mol. The van der Waals surface area contributed by atoms with Crippen LogP contribution in [0.1, 0.15) is 19.8 Å². The highest BCUT2D eigenvalue weighted by Crippen LogP contribution is 2.11. The van der Waals surface area contributed by atoms with Gasteiger partial charge in [0.15, 0.2) is 0 Å². The van der Waals surface area contributed by atoms with Crippen LogP contribution >= 0.6 is 0 Å². The minimum absolute atomic E-state index is 0.223. The molecule has 1 N–H and O–H groups in total. The molecule has 4 heteroatoms. The van der Waals surface area contributed by atoms with Crippen molar-refractivity contribution < 1.29 is 9.59 Å². The number of hydrogen-bond acceptors (Lipinski definition) is 2. The molecular weight excluding hydrogens is 204 g/mol. The summed E-state index contributed by atoms with van der Waals surface area (Å²) in [6.45, 7) is 6.04. The molecule has 0 aliphatic carbocycles. The predicted molar refractivity (Wildman–Crippen MR) is 62.6 cm³/mol. The molecule has 3 amide bonds. The topological polar surface area (TPSA) is 49.4 Å². The molecule has 0 aromatic carbocycles. The van der Waals surface area contributed by atoms with Crippen LogP contribution in [0.2, 0.25) is 0 Å². The molecule has 1 saturated heterocycles. The molecule has 1 aliphatic heterocycles. The second-order valence-electron chi connectivity index (χ2n) is 3.39. The third-order valence-electron chi connectivity index (χ3n) is 2.18. The fourth-order valence-corrected chi connectivity index (χ4v) is 1.41. The summed E-state index contributed by atoms with van der Waals surface area (Å²) < 4.78 is 0. The molecule has 1 aliphatic rings. The second-order valence-corrected chi connectivity index (χ2v) is 3.39. The minimum atomic E-state index is -0.370. The van der Waals surface area contributed by atoms with Gasteiger partial charge in [-0.1, -0.05) is 25.7 Å². The van der Waals surface area contributed by atoms with Crippen molar-refractivity contribution in [1.29, 1.82) is 0 Å². The van der Waals surface area contributed by atoms with Gasteiger partial charge in [-0.2, -0.15) is 0 Å². The third kappa shape index (κ3) is 3.08. The molecule has 1 rings (SSSR count). The zero-order valence-corrected chi connectivity index (χ0v) is 9.40.